The number of nitrogens with zero attached hydrogens (tertiary/aromatic N) is 2. The van der Waals surface area contributed by atoms with Gasteiger partial charge in [-0.15, -0.1) is 0 Å². The van der Waals surface area contributed by atoms with Gasteiger partial charge >= 0.3 is 6.61 Å². The zero-order valence-electron chi connectivity index (χ0n) is 29.6. The lowest BCUT2D eigenvalue weighted by atomic mass is 9.83. The van der Waals surface area contributed by atoms with Gasteiger partial charge in [-0.1, -0.05) is 13.0 Å². The number of nitrogens with one attached hydrogen (secondary N) is 4. The lowest BCUT2D eigenvalue weighted by molar-refractivity contribution is -0.171. The predicted octanol–water partition coefficient (Wildman–Crippen LogP) is 5.48. The molecule has 4 N–H and O–H groups in total. The number of halogens is 5. The number of rotatable bonds is 12. The van der Waals surface area contributed by atoms with Crippen LogP contribution in [-0.4, -0.2) is 97.9 Å². The van der Waals surface area contributed by atoms with Crippen molar-refractivity contribution in [2.45, 2.75) is 108 Å². The van der Waals surface area contributed by atoms with Crippen molar-refractivity contribution in [3.05, 3.63) is 47.5 Å². The second-order valence-corrected chi connectivity index (χ2v) is 12.9. The minimum Gasteiger partial charge on any atom is -0.346 e. The van der Waals surface area contributed by atoms with Gasteiger partial charge in [0.2, 0.25) is 18.2 Å². The summed E-state index contributed by atoms with van der Waals surface area (Å²) in [6.07, 6.45) is 7.75. The number of hydrogen-bond donors (Lipinski definition) is 4. The van der Waals surface area contributed by atoms with E-state index >= 15 is 0 Å². The number of hydrogen-bond acceptors (Lipinski definition) is 8. The number of aldehydes is 2. The number of aromatic nitrogens is 2. The molecule has 0 spiro atoms. The third-order valence-corrected chi connectivity index (χ3v) is 9.45. The average molecular weight is 731 g/mol. The summed E-state index contributed by atoms with van der Waals surface area (Å²) in [5, 5.41) is 14.1. The minimum absolute atomic E-state index is 0.0731. The molecule has 3 fully saturated rings. The van der Waals surface area contributed by atoms with E-state index in [2.05, 4.69) is 42.7 Å². The van der Waals surface area contributed by atoms with Crippen LogP contribution in [0.3, 0.4) is 0 Å². The summed E-state index contributed by atoms with van der Waals surface area (Å²) >= 11 is 0. The quantitative estimate of drug-likeness (QED) is 0.166. The van der Waals surface area contributed by atoms with E-state index in [1.807, 2.05) is 14.1 Å². The van der Waals surface area contributed by atoms with E-state index in [0.717, 1.165) is 25.9 Å². The Morgan fingerprint density at radius 3 is 2.16 bits per heavy atom. The first-order chi connectivity index (χ1) is 24.2. The van der Waals surface area contributed by atoms with Gasteiger partial charge in [0, 0.05) is 50.0 Å². The maximum atomic E-state index is 13.9. The fraction of sp³-hybridized carbons (Fsp3) is 0.629. The molecule has 1 aromatic carbocycles. The molecule has 3 aliphatic rings. The van der Waals surface area contributed by atoms with Crippen molar-refractivity contribution in [2.24, 2.45) is 5.92 Å². The van der Waals surface area contributed by atoms with Crippen LogP contribution in [0.25, 0.3) is 0 Å². The molecule has 2 atom stereocenters. The number of ether oxygens (including phenoxy) is 1. The summed E-state index contributed by atoms with van der Waals surface area (Å²) in [4.78, 5) is 45.1. The lowest BCUT2D eigenvalue weighted by Gasteiger charge is -2.31. The average Bonchev–Trinajstić information content (AvgIpc) is 3.74. The SMILES string of the molecule is CCC(=O)NC(C=O)C1(c2ccc(NC=O)c(F)c2)CC1.CN1CCC(OC(F)F)CC1.CNC(C)C1CCC(F)(F)CC1.O=Cc1ccn[nH]1. The number of aromatic amines is 1. The number of anilines is 1. The van der Waals surface area contributed by atoms with Gasteiger partial charge in [-0.25, -0.2) is 13.2 Å². The van der Waals surface area contributed by atoms with Crippen molar-refractivity contribution < 1.29 is 45.9 Å². The van der Waals surface area contributed by atoms with Gasteiger partial charge in [0.15, 0.2) is 6.29 Å². The molecule has 1 saturated heterocycles. The highest BCUT2D eigenvalue weighted by Gasteiger charge is 2.51. The van der Waals surface area contributed by atoms with Gasteiger partial charge in [0.25, 0.3) is 0 Å². The fourth-order valence-corrected chi connectivity index (χ4v) is 5.89. The number of alkyl halides is 4. The molecule has 11 nitrogen and oxygen atoms in total. The van der Waals surface area contributed by atoms with Gasteiger partial charge < -0.3 is 30.4 Å². The first-order valence-electron chi connectivity index (χ1n) is 17.1. The second-order valence-electron chi connectivity index (χ2n) is 12.9. The van der Waals surface area contributed by atoms with Crippen molar-refractivity contribution in [2.75, 3.05) is 32.5 Å². The molecule has 1 aromatic heterocycles. The molecule has 16 heteroatoms. The number of likely N-dealkylation sites (tertiary alicyclic amines) is 1. The lowest BCUT2D eigenvalue weighted by Crippen LogP contribution is -2.44. The second kappa shape index (κ2) is 21.6. The molecule has 286 valence electrons. The van der Waals surface area contributed by atoms with Crippen LogP contribution in [0.2, 0.25) is 0 Å². The van der Waals surface area contributed by atoms with E-state index in [1.165, 1.54) is 18.3 Å². The summed E-state index contributed by atoms with van der Waals surface area (Å²) in [7, 11) is 3.87. The van der Waals surface area contributed by atoms with Crippen molar-refractivity contribution in [3.63, 3.8) is 0 Å². The largest absolute Gasteiger partial charge is 0.346 e. The number of piperidine rings is 1. The third kappa shape index (κ3) is 14.8. The van der Waals surface area contributed by atoms with Gasteiger partial charge in [-0.2, -0.15) is 13.9 Å². The van der Waals surface area contributed by atoms with E-state index in [-0.39, 0.29) is 37.0 Å². The molecule has 0 radical (unpaired) electrons. The van der Waals surface area contributed by atoms with Crippen LogP contribution in [0.4, 0.5) is 27.6 Å². The van der Waals surface area contributed by atoms with Crippen LogP contribution in [0.1, 0.15) is 87.7 Å². The van der Waals surface area contributed by atoms with E-state index in [1.54, 1.807) is 19.1 Å². The highest BCUT2D eigenvalue weighted by molar-refractivity contribution is 5.81. The Morgan fingerprint density at radius 2 is 1.73 bits per heavy atom. The molecule has 2 aliphatic carbocycles. The molecule has 5 rings (SSSR count). The first-order valence-corrected chi connectivity index (χ1v) is 17.1. The van der Waals surface area contributed by atoms with Crippen molar-refractivity contribution in [1.82, 2.24) is 25.7 Å². The summed E-state index contributed by atoms with van der Waals surface area (Å²) < 4.78 is 67.1. The van der Waals surface area contributed by atoms with Crippen molar-refractivity contribution >= 4 is 30.6 Å². The molecule has 0 bridgehead atoms. The van der Waals surface area contributed by atoms with Crippen molar-refractivity contribution in [3.8, 4) is 0 Å². The Morgan fingerprint density at radius 1 is 1.08 bits per heavy atom. The monoisotopic (exact) mass is 730 g/mol. The van der Waals surface area contributed by atoms with E-state index < -0.39 is 29.8 Å². The summed E-state index contributed by atoms with van der Waals surface area (Å²) in [5.41, 5.74) is 0.724. The standard InChI is InChI=1S/C15H17FN2O3.C9H17F2N.C7H13F2NO.C4H4N2O/c1-2-14(21)18-13(8-19)15(5-6-15)10-3-4-12(17-9-20)11(16)7-10;1-7(12-2)8-3-5-9(10,11)6-4-8;1-10-4-2-6(3-5-10)11-7(8)9;7-3-4-1-2-5-6-4/h3-4,7-9,13H,2,5-6H2,1H3,(H,17,20)(H,18,21);7-8,12H,3-6H2,1-2H3;6-7H,2-5H2,1H3;1-3H,(H,5,6). The molecule has 2 heterocycles. The van der Waals surface area contributed by atoms with E-state index in [0.29, 0.717) is 67.9 Å². The topological polar surface area (TPSA) is 146 Å². The molecule has 2 amide bonds. The van der Waals surface area contributed by atoms with Gasteiger partial charge in [-0.05, 0) is 89.2 Å². The highest BCUT2D eigenvalue weighted by atomic mass is 19.3. The Labute approximate surface area is 295 Å². The third-order valence-electron chi connectivity index (χ3n) is 9.45. The zero-order chi connectivity index (χ0) is 38.0. The maximum absolute atomic E-state index is 13.9. The predicted molar refractivity (Wildman–Crippen MR) is 182 cm³/mol. The Balaban J connectivity index is 0.000000256. The van der Waals surface area contributed by atoms with E-state index in [9.17, 15) is 41.1 Å². The number of benzene rings is 1. The summed E-state index contributed by atoms with van der Waals surface area (Å²) in [5.74, 6) is -2.71. The maximum Gasteiger partial charge on any atom is 0.345 e. The smallest absolute Gasteiger partial charge is 0.345 e. The molecule has 2 saturated carbocycles. The van der Waals surface area contributed by atoms with Crippen LogP contribution in [0, 0.1) is 11.7 Å². The van der Waals surface area contributed by atoms with E-state index in [4.69, 9.17) is 0 Å². The highest BCUT2D eigenvalue weighted by Crippen LogP contribution is 2.51. The number of carbonyl (C=O) groups excluding carboxylic acids is 4. The number of amides is 2. The fourth-order valence-electron chi connectivity index (χ4n) is 5.89. The summed E-state index contributed by atoms with van der Waals surface area (Å²) in [6.45, 7) is 2.88. The van der Waals surface area contributed by atoms with Gasteiger partial charge in [0.05, 0.1) is 23.5 Å². The van der Waals surface area contributed by atoms with Crippen molar-refractivity contribution in [1.29, 1.82) is 0 Å². The van der Waals surface area contributed by atoms with Crippen LogP contribution in [0.15, 0.2) is 30.5 Å². The molecule has 51 heavy (non-hydrogen) atoms. The molecular weight excluding hydrogens is 679 g/mol. The molecule has 2 unspecified atom stereocenters. The summed E-state index contributed by atoms with van der Waals surface area (Å²) in [6, 6.07) is 5.77. The molecular formula is C35H51F5N6O5. The van der Waals surface area contributed by atoms with Crippen LogP contribution in [-0.2, 0) is 24.5 Å². The van der Waals surface area contributed by atoms with Gasteiger partial charge in [-0.3, -0.25) is 19.5 Å². The van der Waals surface area contributed by atoms with Gasteiger partial charge in [0.1, 0.15) is 12.1 Å². The Bertz CT molecular complexity index is 1330. The van der Waals surface area contributed by atoms with Crippen LogP contribution in [0.5, 0.6) is 0 Å². The molecule has 1 aliphatic heterocycles. The minimum atomic E-state index is -2.61. The van der Waals surface area contributed by atoms with Crippen LogP contribution >= 0.6 is 0 Å². The Kier molecular flexibility index (Phi) is 18.4. The first kappa shape index (κ1) is 43.4. The number of H-pyrrole nitrogens is 1. The number of carbonyl (C=O) groups is 4. The Hall–Kier alpha value is -3.76. The zero-order valence-corrected chi connectivity index (χ0v) is 29.6. The normalized spacial score (nSPS) is 19.3. The molecule has 2 aromatic rings. The van der Waals surface area contributed by atoms with Crippen LogP contribution < -0.4 is 16.0 Å².